The van der Waals surface area contributed by atoms with E-state index in [4.69, 9.17) is 0 Å². The number of nitrogens with zero attached hydrogens (tertiary/aromatic N) is 2. The summed E-state index contributed by atoms with van der Waals surface area (Å²) < 4.78 is 15.2. The van der Waals surface area contributed by atoms with Gasteiger partial charge in [-0.3, -0.25) is 9.69 Å². The van der Waals surface area contributed by atoms with Gasteiger partial charge in [-0.2, -0.15) is 0 Å². The van der Waals surface area contributed by atoms with E-state index in [-0.39, 0.29) is 17.4 Å². The average molecular weight is 363 g/mol. The Hall–Kier alpha value is -3.41. The Morgan fingerprint density at radius 3 is 2.52 bits per heavy atom. The molecular weight excluding hydrogens is 345 g/mol. The summed E-state index contributed by atoms with van der Waals surface area (Å²) >= 11 is 0. The standard InChI is InChI=1S/C21H18FN3O2/c1-2-25-20(26)18(23-21(25)27)11-15-13-24(19-6-4-3-5-17(15)19)12-14-7-9-16(22)10-8-14/h3-11,13H,2,12H2,1H3,(H,23,27)/b18-11+. The van der Waals surface area contributed by atoms with Crippen molar-refractivity contribution >= 4 is 28.9 Å². The maximum absolute atomic E-state index is 13.2. The van der Waals surface area contributed by atoms with Gasteiger partial charge in [-0.05, 0) is 36.8 Å². The quantitative estimate of drug-likeness (QED) is 0.567. The number of carbonyl (C=O) groups excluding carboxylic acids is 2. The third-order valence-electron chi connectivity index (χ3n) is 4.66. The normalized spacial score (nSPS) is 15.8. The number of nitrogens with one attached hydrogen (secondary N) is 1. The lowest BCUT2D eigenvalue weighted by atomic mass is 10.1. The highest BCUT2D eigenvalue weighted by Gasteiger charge is 2.32. The molecule has 0 saturated carbocycles. The van der Waals surface area contributed by atoms with Gasteiger partial charge < -0.3 is 9.88 Å². The second-order valence-corrected chi connectivity index (χ2v) is 6.39. The van der Waals surface area contributed by atoms with Crippen molar-refractivity contribution in [2.45, 2.75) is 13.5 Å². The average Bonchev–Trinajstić information content (AvgIpc) is 3.14. The Kier molecular flexibility index (Phi) is 4.24. The molecule has 1 N–H and O–H groups in total. The van der Waals surface area contributed by atoms with Gasteiger partial charge in [-0.15, -0.1) is 0 Å². The number of halogens is 1. The molecule has 1 aromatic heterocycles. The first-order valence-corrected chi connectivity index (χ1v) is 8.73. The van der Waals surface area contributed by atoms with Crippen LogP contribution >= 0.6 is 0 Å². The molecule has 5 nitrogen and oxygen atoms in total. The lowest BCUT2D eigenvalue weighted by Crippen LogP contribution is -2.30. The van der Waals surface area contributed by atoms with Gasteiger partial charge in [0, 0.05) is 35.8 Å². The van der Waals surface area contributed by atoms with E-state index in [1.165, 1.54) is 17.0 Å². The molecule has 2 heterocycles. The monoisotopic (exact) mass is 363 g/mol. The van der Waals surface area contributed by atoms with Crippen LogP contribution in [0.2, 0.25) is 0 Å². The fraction of sp³-hybridized carbons (Fsp3) is 0.143. The fourth-order valence-corrected chi connectivity index (χ4v) is 3.32. The maximum Gasteiger partial charge on any atom is 0.328 e. The van der Waals surface area contributed by atoms with E-state index in [0.29, 0.717) is 13.1 Å². The zero-order chi connectivity index (χ0) is 19.0. The van der Waals surface area contributed by atoms with Gasteiger partial charge in [-0.25, -0.2) is 9.18 Å². The lowest BCUT2D eigenvalue weighted by Gasteiger charge is -2.05. The molecule has 3 amide bonds. The molecule has 1 aliphatic rings. The second-order valence-electron chi connectivity index (χ2n) is 6.39. The number of hydrogen-bond donors (Lipinski definition) is 1. The molecule has 136 valence electrons. The summed E-state index contributed by atoms with van der Waals surface area (Å²) in [6, 6.07) is 13.8. The topological polar surface area (TPSA) is 54.3 Å². The van der Waals surface area contributed by atoms with Gasteiger partial charge in [0.05, 0.1) is 0 Å². The number of rotatable bonds is 4. The van der Waals surface area contributed by atoms with Crippen molar-refractivity contribution in [2.75, 3.05) is 6.54 Å². The molecule has 0 bridgehead atoms. The molecule has 0 atom stereocenters. The minimum atomic E-state index is -0.399. The zero-order valence-corrected chi connectivity index (χ0v) is 14.8. The van der Waals surface area contributed by atoms with Crippen molar-refractivity contribution in [3.8, 4) is 0 Å². The smallest absolute Gasteiger partial charge is 0.328 e. The summed E-state index contributed by atoms with van der Waals surface area (Å²) in [6.07, 6.45) is 3.65. The molecule has 27 heavy (non-hydrogen) atoms. The van der Waals surface area contributed by atoms with Crippen LogP contribution in [0.5, 0.6) is 0 Å². The predicted molar refractivity (Wildman–Crippen MR) is 101 cm³/mol. The Morgan fingerprint density at radius 1 is 1.07 bits per heavy atom. The molecule has 1 fully saturated rings. The van der Waals surface area contributed by atoms with Gasteiger partial charge >= 0.3 is 6.03 Å². The summed E-state index contributed by atoms with van der Waals surface area (Å²) in [5, 5.41) is 3.61. The molecule has 4 rings (SSSR count). The summed E-state index contributed by atoms with van der Waals surface area (Å²) in [7, 11) is 0. The number of fused-ring (bicyclic) bond motifs is 1. The first-order valence-electron chi connectivity index (χ1n) is 8.73. The van der Waals surface area contributed by atoms with E-state index in [0.717, 1.165) is 22.0 Å². The summed E-state index contributed by atoms with van der Waals surface area (Å²) in [4.78, 5) is 25.4. The number of benzene rings is 2. The van der Waals surface area contributed by atoms with Crippen LogP contribution in [0, 0.1) is 5.82 Å². The number of aromatic nitrogens is 1. The van der Waals surface area contributed by atoms with E-state index in [1.807, 2.05) is 35.0 Å². The van der Waals surface area contributed by atoms with Crippen molar-refractivity contribution in [1.29, 1.82) is 0 Å². The molecule has 6 heteroatoms. The largest absolute Gasteiger partial charge is 0.342 e. The Morgan fingerprint density at radius 2 is 1.81 bits per heavy atom. The number of hydrogen-bond acceptors (Lipinski definition) is 2. The van der Waals surface area contributed by atoms with E-state index in [2.05, 4.69) is 5.32 Å². The first kappa shape index (κ1) is 17.0. The molecule has 0 spiro atoms. The molecule has 0 aliphatic carbocycles. The predicted octanol–water partition coefficient (Wildman–Crippen LogP) is 3.74. The Labute approximate surface area is 155 Å². The summed E-state index contributed by atoms with van der Waals surface area (Å²) in [5.41, 5.74) is 3.08. The van der Waals surface area contributed by atoms with Crippen molar-refractivity contribution in [3.63, 3.8) is 0 Å². The van der Waals surface area contributed by atoms with Crippen LogP contribution in [0.3, 0.4) is 0 Å². The highest BCUT2D eigenvalue weighted by atomic mass is 19.1. The third-order valence-corrected chi connectivity index (χ3v) is 4.66. The van der Waals surface area contributed by atoms with E-state index < -0.39 is 6.03 Å². The van der Waals surface area contributed by atoms with Crippen LogP contribution in [0.4, 0.5) is 9.18 Å². The number of urea groups is 1. The van der Waals surface area contributed by atoms with Gasteiger partial charge in [0.25, 0.3) is 5.91 Å². The van der Waals surface area contributed by atoms with Crippen molar-refractivity contribution in [2.24, 2.45) is 0 Å². The van der Waals surface area contributed by atoms with E-state index >= 15 is 0 Å². The highest BCUT2D eigenvalue weighted by molar-refractivity contribution is 6.14. The van der Waals surface area contributed by atoms with E-state index in [1.54, 1.807) is 25.1 Å². The molecule has 3 aromatic rings. The molecule has 1 saturated heterocycles. The number of para-hydroxylation sites is 1. The molecule has 0 unspecified atom stereocenters. The van der Waals surface area contributed by atoms with Crippen molar-refractivity contribution < 1.29 is 14.0 Å². The van der Waals surface area contributed by atoms with Crippen LogP contribution in [-0.2, 0) is 11.3 Å². The third kappa shape index (κ3) is 3.10. The van der Waals surface area contributed by atoms with Gasteiger partial charge in [-0.1, -0.05) is 30.3 Å². The molecular formula is C21H18FN3O2. The second kappa shape index (κ2) is 6.72. The minimum Gasteiger partial charge on any atom is -0.342 e. The number of imide groups is 1. The fourth-order valence-electron chi connectivity index (χ4n) is 3.32. The van der Waals surface area contributed by atoms with Crippen LogP contribution in [0.15, 0.2) is 60.4 Å². The Balaban J connectivity index is 1.74. The Bertz CT molecular complexity index is 1070. The zero-order valence-electron chi connectivity index (χ0n) is 14.8. The summed E-state index contributed by atoms with van der Waals surface area (Å²) in [5.74, 6) is -0.588. The minimum absolute atomic E-state index is 0.266. The highest BCUT2D eigenvalue weighted by Crippen LogP contribution is 2.25. The van der Waals surface area contributed by atoms with Crippen LogP contribution in [-0.4, -0.2) is 28.0 Å². The lowest BCUT2D eigenvalue weighted by molar-refractivity contribution is -0.122. The molecule has 0 radical (unpaired) electrons. The van der Waals surface area contributed by atoms with Crippen LogP contribution in [0.25, 0.3) is 17.0 Å². The SMILES string of the molecule is CCN1C(=O)N/C(=C/c2cn(Cc3ccc(F)cc3)c3ccccc23)C1=O. The van der Waals surface area contributed by atoms with Gasteiger partial charge in [0.2, 0.25) is 0 Å². The van der Waals surface area contributed by atoms with E-state index in [9.17, 15) is 14.0 Å². The van der Waals surface area contributed by atoms with Gasteiger partial charge in [0.15, 0.2) is 0 Å². The number of amides is 3. The molecule has 2 aromatic carbocycles. The summed E-state index contributed by atoms with van der Waals surface area (Å²) in [6.45, 7) is 2.66. The van der Waals surface area contributed by atoms with Crippen LogP contribution < -0.4 is 5.32 Å². The number of likely N-dealkylation sites (N-methyl/N-ethyl adjacent to an activating group) is 1. The first-order chi connectivity index (χ1) is 13.1. The van der Waals surface area contributed by atoms with Crippen molar-refractivity contribution in [1.82, 2.24) is 14.8 Å². The van der Waals surface area contributed by atoms with Crippen LogP contribution in [0.1, 0.15) is 18.1 Å². The molecule has 1 aliphatic heterocycles. The number of carbonyl (C=O) groups is 2. The maximum atomic E-state index is 13.2. The van der Waals surface area contributed by atoms with Gasteiger partial charge in [0.1, 0.15) is 11.5 Å². The van der Waals surface area contributed by atoms with Crippen molar-refractivity contribution in [3.05, 3.63) is 77.4 Å².